The lowest BCUT2D eigenvalue weighted by molar-refractivity contribution is 0.111. The average Bonchev–Trinajstić information content (AvgIpc) is 3.71. The molecule has 5 aromatic rings. The van der Waals surface area contributed by atoms with Crippen LogP contribution in [-0.2, 0) is 0 Å². The van der Waals surface area contributed by atoms with Crippen LogP contribution in [0.15, 0.2) is 71.9 Å². The van der Waals surface area contributed by atoms with Gasteiger partial charge in [0.05, 0.1) is 67.1 Å². The third-order valence-corrected chi connectivity index (χ3v) is 7.46. The second kappa shape index (κ2) is 10.9. The Balaban J connectivity index is 1.45. The van der Waals surface area contributed by atoms with Crippen molar-refractivity contribution in [1.29, 1.82) is 0 Å². The summed E-state index contributed by atoms with van der Waals surface area (Å²) in [5.74, 6) is 2.05. The highest BCUT2D eigenvalue weighted by Gasteiger charge is 2.20. The van der Waals surface area contributed by atoms with E-state index in [0.29, 0.717) is 45.6 Å². The highest BCUT2D eigenvalue weighted by Crippen LogP contribution is 2.40. The van der Waals surface area contributed by atoms with Crippen molar-refractivity contribution in [2.75, 3.05) is 34.4 Å². The molecule has 0 aliphatic carbocycles. The van der Waals surface area contributed by atoms with Gasteiger partial charge in [0.15, 0.2) is 6.29 Å². The van der Waals surface area contributed by atoms with E-state index < -0.39 is 0 Å². The summed E-state index contributed by atoms with van der Waals surface area (Å²) >= 11 is 7.07. The summed E-state index contributed by atoms with van der Waals surface area (Å²) in [6.45, 7) is 1.52. The number of carbonyl (C=O) groups excluding carboxylic acids is 1. The van der Waals surface area contributed by atoms with Gasteiger partial charge in [0.2, 0.25) is 5.88 Å². The van der Waals surface area contributed by atoms with Gasteiger partial charge in [-0.25, -0.2) is 9.67 Å². The molecular formula is C31H26ClN5O4. The van der Waals surface area contributed by atoms with Gasteiger partial charge in [-0.15, -0.1) is 0 Å². The van der Waals surface area contributed by atoms with Crippen molar-refractivity contribution in [3.05, 3.63) is 83.0 Å². The van der Waals surface area contributed by atoms with Crippen LogP contribution in [0.25, 0.3) is 39.0 Å². The number of benzene rings is 3. The number of aliphatic imine (C=N–C) groups is 1. The van der Waals surface area contributed by atoms with Crippen LogP contribution in [-0.4, -0.2) is 61.3 Å². The van der Waals surface area contributed by atoms with E-state index >= 15 is 0 Å². The van der Waals surface area contributed by atoms with Crippen molar-refractivity contribution >= 4 is 34.6 Å². The van der Waals surface area contributed by atoms with Crippen LogP contribution >= 0.6 is 11.6 Å². The summed E-state index contributed by atoms with van der Waals surface area (Å²) in [6, 6.07) is 19.2. The van der Waals surface area contributed by atoms with Crippen LogP contribution in [0.1, 0.15) is 15.9 Å². The zero-order valence-corrected chi connectivity index (χ0v) is 23.4. The van der Waals surface area contributed by atoms with E-state index in [1.165, 1.54) is 14.2 Å². The maximum absolute atomic E-state index is 11.6. The molecule has 9 nitrogen and oxygen atoms in total. The second-order valence-electron chi connectivity index (χ2n) is 9.25. The van der Waals surface area contributed by atoms with Gasteiger partial charge in [-0.05, 0) is 23.8 Å². The lowest BCUT2D eigenvalue weighted by Gasteiger charge is -2.14. The fourth-order valence-corrected chi connectivity index (χ4v) is 5.42. The third kappa shape index (κ3) is 4.54. The highest BCUT2D eigenvalue weighted by atomic mass is 35.5. The Labute approximate surface area is 241 Å². The van der Waals surface area contributed by atoms with Crippen LogP contribution in [0.4, 0.5) is 0 Å². The van der Waals surface area contributed by atoms with Crippen molar-refractivity contribution in [3.8, 4) is 45.5 Å². The number of rotatable bonds is 8. The molecule has 1 aliphatic heterocycles. The zero-order chi connectivity index (χ0) is 28.5. The van der Waals surface area contributed by atoms with Crippen LogP contribution < -0.4 is 19.5 Å². The first-order chi connectivity index (χ1) is 20.1. The Morgan fingerprint density at radius 2 is 1.63 bits per heavy atom. The van der Waals surface area contributed by atoms with Gasteiger partial charge in [0.1, 0.15) is 17.3 Å². The predicted octanol–water partition coefficient (Wildman–Crippen LogP) is 5.60. The Morgan fingerprint density at radius 1 is 0.902 bits per heavy atom. The molecular weight excluding hydrogens is 542 g/mol. The zero-order valence-electron chi connectivity index (χ0n) is 22.6. The Bertz CT molecular complexity index is 1810. The molecule has 6 rings (SSSR count). The number of fused-ring (bicyclic) bond motifs is 1. The van der Waals surface area contributed by atoms with Crippen molar-refractivity contribution in [2.24, 2.45) is 4.99 Å². The molecule has 0 saturated carbocycles. The van der Waals surface area contributed by atoms with Gasteiger partial charge in [-0.3, -0.25) is 9.79 Å². The smallest absolute Gasteiger partial charge is 0.224 e. The van der Waals surface area contributed by atoms with E-state index in [9.17, 15) is 4.79 Å². The minimum absolute atomic E-state index is 0.338. The average molecular weight is 568 g/mol. The summed E-state index contributed by atoms with van der Waals surface area (Å²) in [7, 11) is 4.62. The van der Waals surface area contributed by atoms with Gasteiger partial charge in [0.25, 0.3) is 0 Å². The topological polar surface area (TPSA) is 99.9 Å². The molecule has 41 heavy (non-hydrogen) atoms. The molecule has 0 spiro atoms. The molecule has 206 valence electrons. The SMILES string of the molecule is COc1cc(-n2ncc3c(-c4cccc(-c5ccc(C6=NCCN6)c(OC)n5)c4Cl)cccc32)cc(OC)c1C=O. The summed E-state index contributed by atoms with van der Waals surface area (Å²) in [5.41, 5.74) is 5.91. The van der Waals surface area contributed by atoms with Gasteiger partial charge in [-0.2, -0.15) is 5.10 Å². The largest absolute Gasteiger partial charge is 0.496 e. The van der Waals surface area contributed by atoms with Crippen molar-refractivity contribution in [2.45, 2.75) is 0 Å². The number of pyridine rings is 1. The van der Waals surface area contributed by atoms with Gasteiger partial charge < -0.3 is 19.5 Å². The second-order valence-corrected chi connectivity index (χ2v) is 9.63. The highest BCUT2D eigenvalue weighted by molar-refractivity contribution is 6.36. The van der Waals surface area contributed by atoms with Crippen molar-refractivity contribution < 1.29 is 19.0 Å². The first kappa shape index (κ1) is 26.3. The summed E-state index contributed by atoms with van der Waals surface area (Å²) in [6.07, 6.45) is 2.51. The fourth-order valence-electron chi connectivity index (χ4n) is 5.10. The third-order valence-electron chi connectivity index (χ3n) is 7.05. The number of aromatic nitrogens is 3. The van der Waals surface area contributed by atoms with Crippen LogP contribution in [0.3, 0.4) is 0 Å². The number of hydrogen-bond donors (Lipinski definition) is 1. The number of ether oxygens (including phenoxy) is 3. The number of aldehydes is 1. The normalized spacial score (nSPS) is 12.6. The molecule has 10 heteroatoms. The lowest BCUT2D eigenvalue weighted by Crippen LogP contribution is -2.20. The molecule has 0 saturated heterocycles. The Morgan fingerprint density at radius 3 is 2.32 bits per heavy atom. The van der Waals surface area contributed by atoms with E-state index in [1.54, 1.807) is 30.1 Å². The molecule has 2 aromatic heterocycles. The Kier molecular flexibility index (Phi) is 7.03. The minimum Gasteiger partial charge on any atom is -0.496 e. The van der Waals surface area contributed by atoms with Gasteiger partial charge in [0, 0.05) is 35.2 Å². The van der Waals surface area contributed by atoms with E-state index in [2.05, 4.69) is 15.4 Å². The molecule has 3 aromatic carbocycles. The van der Waals surface area contributed by atoms with E-state index in [-0.39, 0.29) is 0 Å². The first-order valence-corrected chi connectivity index (χ1v) is 13.3. The summed E-state index contributed by atoms with van der Waals surface area (Å²) in [5, 5.41) is 9.39. The number of nitrogens with one attached hydrogen (secondary N) is 1. The minimum atomic E-state index is 0.338. The lowest BCUT2D eigenvalue weighted by atomic mass is 9.98. The van der Waals surface area contributed by atoms with Crippen molar-refractivity contribution in [3.63, 3.8) is 0 Å². The Hall–Kier alpha value is -4.89. The monoisotopic (exact) mass is 567 g/mol. The van der Waals surface area contributed by atoms with Crippen LogP contribution in [0.2, 0.25) is 5.02 Å². The van der Waals surface area contributed by atoms with E-state index in [1.807, 2.05) is 48.5 Å². The van der Waals surface area contributed by atoms with Crippen molar-refractivity contribution in [1.82, 2.24) is 20.1 Å². The fraction of sp³-hybridized carbons (Fsp3) is 0.161. The number of methoxy groups -OCH3 is 3. The molecule has 0 fully saturated rings. The van der Waals surface area contributed by atoms with E-state index in [4.69, 9.17) is 30.8 Å². The molecule has 0 atom stereocenters. The maximum atomic E-state index is 11.6. The maximum Gasteiger partial charge on any atom is 0.224 e. The molecule has 0 radical (unpaired) electrons. The van der Waals surface area contributed by atoms with E-state index in [0.717, 1.165) is 52.1 Å². The van der Waals surface area contributed by atoms with Gasteiger partial charge >= 0.3 is 0 Å². The summed E-state index contributed by atoms with van der Waals surface area (Å²) < 4.78 is 18.3. The molecule has 0 bridgehead atoms. The quantitative estimate of drug-likeness (QED) is 0.244. The number of halogens is 1. The summed E-state index contributed by atoms with van der Waals surface area (Å²) in [4.78, 5) is 20.9. The van der Waals surface area contributed by atoms with Crippen LogP contribution in [0.5, 0.6) is 17.4 Å². The number of amidine groups is 1. The van der Waals surface area contributed by atoms with Crippen LogP contribution in [0, 0.1) is 0 Å². The molecule has 3 heterocycles. The molecule has 0 amide bonds. The number of nitrogens with zero attached hydrogens (tertiary/aromatic N) is 4. The molecule has 1 N–H and O–H groups in total. The number of carbonyl (C=O) groups is 1. The predicted molar refractivity (Wildman–Crippen MR) is 159 cm³/mol. The molecule has 0 unspecified atom stereocenters. The standard InChI is InChI=1S/C31H26ClN5O4/c1-39-27-14-18(15-28(40-2)24(27)17-38)37-26-9-5-6-19(23(26)16-35-37)20-7-4-8-21(29(20)32)25-11-10-22(31(36-25)41-3)30-33-12-13-34-30/h4-11,14-17H,12-13H2,1-3H3,(H,33,34). The molecule has 1 aliphatic rings. The first-order valence-electron chi connectivity index (χ1n) is 12.9. The number of hydrogen-bond acceptors (Lipinski definition) is 8. The van der Waals surface area contributed by atoms with Gasteiger partial charge in [-0.1, -0.05) is 41.9 Å².